The van der Waals surface area contributed by atoms with Crippen molar-refractivity contribution in [2.45, 2.75) is 59.4 Å². The van der Waals surface area contributed by atoms with Gasteiger partial charge >= 0.3 is 5.97 Å². The van der Waals surface area contributed by atoms with E-state index in [-0.39, 0.29) is 18.0 Å². The third-order valence-corrected chi connectivity index (χ3v) is 5.81. The fourth-order valence-electron chi connectivity index (χ4n) is 3.23. The number of carbonyl (C=O) groups excluding carboxylic acids is 1. The molecule has 1 heterocycles. The molecule has 1 amide bonds. The third-order valence-electron chi connectivity index (χ3n) is 4.64. The highest BCUT2D eigenvalue weighted by atomic mass is 32.1. The maximum atomic E-state index is 12.4. The summed E-state index contributed by atoms with van der Waals surface area (Å²) in [4.78, 5) is 27.3. The molecule has 0 saturated heterocycles. The van der Waals surface area contributed by atoms with Gasteiger partial charge in [0.2, 0.25) is 5.91 Å². The van der Waals surface area contributed by atoms with Crippen molar-refractivity contribution in [1.29, 1.82) is 0 Å². The summed E-state index contributed by atoms with van der Waals surface area (Å²) in [6.45, 7) is 11.4. The van der Waals surface area contributed by atoms with Gasteiger partial charge in [-0.1, -0.05) is 13.8 Å². The Balaban J connectivity index is 2.20. The maximum Gasteiger partial charge on any atom is 0.339 e. The second-order valence-corrected chi connectivity index (χ2v) is 8.70. The van der Waals surface area contributed by atoms with Gasteiger partial charge in [-0.05, 0) is 58.1 Å². The quantitative estimate of drug-likeness (QED) is 0.849. The first-order valence-corrected chi connectivity index (χ1v) is 9.37. The number of nitrogens with zero attached hydrogens (tertiary/aromatic N) is 1. The molecule has 1 aromatic rings. The van der Waals surface area contributed by atoms with Crippen molar-refractivity contribution in [2.75, 3.05) is 18.4 Å². The standard InChI is InChI=1S/C18H28N2O3S/c1-6-20(18(3,4)5)10-14(21)19-16-15(17(22)23)12-8-7-11(2)9-13(12)24-16/h11H,6-10H2,1-5H3,(H,19,21)(H,22,23). The van der Waals surface area contributed by atoms with E-state index in [0.717, 1.165) is 36.2 Å². The molecule has 1 atom stereocenters. The highest BCUT2D eigenvalue weighted by Crippen LogP contribution is 2.39. The summed E-state index contributed by atoms with van der Waals surface area (Å²) in [5.74, 6) is -0.528. The summed E-state index contributed by atoms with van der Waals surface area (Å²) in [7, 11) is 0. The molecule has 1 aromatic heterocycles. The van der Waals surface area contributed by atoms with Crippen LogP contribution in [-0.4, -0.2) is 40.5 Å². The highest BCUT2D eigenvalue weighted by Gasteiger charge is 2.29. The number of nitrogens with one attached hydrogen (secondary N) is 1. The molecule has 0 fully saturated rings. The Morgan fingerprint density at radius 2 is 2.04 bits per heavy atom. The Morgan fingerprint density at radius 1 is 1.38 bits per heavy atom. The molecule has 2 N–H and O–H groups in total. The van der Waals surface area contributed by atoms with Crippen molar-refractivity contribution in [3.63, 3.8) is 0 Å². The summed E-state index contributed by atoms with van der Waals surface area (Å²) >= 11 is 1.43. The van der Waals surface area contributed by atoms with Gasteiger partial charge < -0.3 is 10.4 Å². The Labute approximate surface area is 148 Å². The Hall–Kier alpha value is -1.40. The van der Waals surface area contributed by atoms with Crippen LogP contribution in [0, 0.1) is 5.92 Å². The van der Waals surface area contributed by atoms with Gasteiger partial charge in [-0.25, -0.2) is 4.79 Å². The van der Waals surface area contributed by atoms with Crippen molar-refractivity contribution < 1.29 is 14.7 Å². The Bertz CT molecular complexity index is 631. The normalized spacial score (nSPS) is 17.7. The third kappa shape index (κ3) is 4.16. The Morgan fingerprint density at radius 3 is 2.58 bits per heavy atom. The molecule has 1 unspecified atom stereocenters. The number of likely N-dealkylation sites (N-methyl/N-ethyl adjacent to an activating group) is 1. The fourth-order valence-corrected chi connectivity index (χ4v) is 4.65. The minimum Gasteiger partial charge on any atom is -0.478 e. The number of anilines is 1. The van der Waals surface area contributed by atoms with Crippen LogP contribution in [0.4, 0.5) is 5.00 Å². The van der Waals surface area contributed by atoms with E-state index in [4.69, 9.17) is 0 Å². The lowest BCUT2D eigenvalue weighted by molar-refractivity contribution is -0.118. The van der Waals surface area contributed by atoms with Crippen LogP contribution in [0.25, 0.3) is 0 Å². The minimum absolute atomic E-state index is 0.105. The molecule has 0 aliphatic heterocycles. The van der Waals surface area contributed by atoms with Gasteiger partial charge in [0, 0.05) is 10.4 Å². The van der Waals surface area contributed by atoms with Gasteiger partial charge in [-0.15, -0.1) is 11.3 Å². The van der Waals surface area contributed by atoms with Crippen molar-refractivity contribution >= 4 is 28.2 Å². The van der Waals surface area contributed by atoms with E-state index in [1.807, 2.05) is 6.92 Å². The number of hydrogen-bond acceptors (Lipinski definition) is 4. The molecule has 0 bridgehead atoms. The van der Waals surface area contributed by atoms with E-state index in [1.165, 1.54) is 11.3 Å². The number of fused-ring (bicyclic) bond motifs is 1. The van der Waals surface area contributed by atoms with Crippen molar-refractivity contribution in [2.24, 2.45) is 5.92 Å². The van der Waals surface area contributed by atoms with Gasteiger partial charge in [0.05, 0.1) is 12.1 Å². The highest BCUT2D eigenvalue weighted by molar-refractivity contribution is 7.17. The largest absolute Gasteiger partial charge is 0.478 e. The first-order valence-electron chi connectivity index (χ1n) is 8.56. The van der Waals surface area contributed by atoms with Gasteiger partial charge in [0.1, 0.15) is 5.00 Å². The smallest absolute Gasteiger partial charge is 0.339 e. The topological polar surface area (TPSA) is 69.6 Å². The van der Waals surface area contributed by atoms with Crippen molar-refractivity contribution in [1.82, 2.24) is 4.90 Å². The lowest BCUT2D eigenvalue weighted by Gasteiger charge is -2.33. The van der Waals surface area contributed by atoms with Crippen LogP contribution < -0.4 is 5.32 Å². The average Bonchev–Trinajstić information content (AvgIpc) is 2.80. The van der Waals surface area contributed by atoms with E-state index in [0.29, 0.717) is 16.5 Å². The molecule has 134 valence electrons. The molecule has 5 nitrogen and oxygen atoms in total. The summed E-state index contributed by atoms with van der Waals surface area (Å²) in [6, 6.07) is 0. The Kier molecular flexibility index (Phi) is 5.71. The molecule has 0 saturated carbocycles. The van der Waals surface area contributed by atoms with E-state index in [1.54, 1.807) is 0 Å². The van der Waals surface area contributed by atoms with E-state index in [2.05, 4.69) is 37.9 Å². The molecular weight excluding hydrogens is 324 g/mol. The summed E-state index contributed by atoms with van der Waals surface area (Å²) in [5, 5.41) is 12.9. The molecule has 0 spiro atoms. The van der Waals surface area contributed by atoms with Crippen LogP contribution in [0.15, 0.2) is 0 Å². The molecule has 0 aromatic carbocycles. The lowest BCUT2D eigenvalue weighted by Crippen LogP contribution is -2.45. The van der Waals surface area contributed by atoms with Crippen LogP contribution in [0.1, 0.15) is 61.8 Å². The number of hydrogen-bond donors (Lipinski definition) is 2. The fraction of sp³-hybridized carbons (Fsp3) is 0.667. The first-order chi connectivity index (χ1) is 11.1. The summed E-state index contributed by atoms with van der Waals surface area (Å²) < 4.78 is 0. The van der Waals surface area contributed by atoms with Crippen molar-refractivity contribution in [3.8, 4) is 0 Å². The van der Waals surface area contributed by atoms with E-state index >= 15 is 0 Å². The number of carboxylic acids is 1. The average molecular weight is 353 g/mol. The monoisotopic (exact) mass is 352 g/mol. The molecule has 6 heteroatoms. The zero-order valence-corrected chi connectivity index (χ0v) is 16.0. The number of amides is 1. The molecule has 24 heavy (non-hydrogen) atoms. The summed E-state index contributed by atoms with van der Waals surface area (Å²) in [5.41, 5.74) is 1.12. The SMILES string of the molecule is CCN(CC(=O)Nc1sc2c(c1C(=O)O)CCC(C)C2)C(C)(C)C. The second kappa shape index (κ2) is 7.23. The number of thiophene rings is 1. The van der Waals surface area contributed by atoms with Crippen LogP contribution in [-0.2, 0) is 17.6 Å². The first kappa shape index (κ1) is 18.9. The van der Waals surface area contributed by atoms with E-state index in [9.17, 15) is 14.7 Å². The van der Waals surface area contributed by atoms with Crippen LogP contribution in [0.3, 0.4) is 0 Å². The zero-order chi connectivity index (χ0) is 18.1. The lowest BCUT2D eigenvalue weighted by atomic mass is 9.88. The summed E-state index contributed by atoms with van der Waals surface area (Å²) in [6.07, 6.45) is 2.69. The van der Waals surface area contributed by atoms with Gasteiger partial charge in [0.25, 0.3) is 0 Å². The van der Waals surface area contributed by atoms with Gasteiger partial charge in [-0.3, -0.25) is 9.69 Å². The molecule has 1 aliphatic carbocycles. The number of aromatic carboxylic acids is 1. The molecular formula is C18H28N2O3S. The van der Waals surface area contributed by atoms with Crippen molar-refractivity contribution in [3.05, 3.63) is 16.0 Å². The zero-order valence-electron chi connectivity index (χ0n) is 15.2. The number of carboxylic acid groups (broad SMARTS) is 1. The number of rotatable bonds is 5. The molecule has 2 rings (SSSR count). The maximum absolute atomic E-state index is 12.4. The second-order valence-electron chi connectivity index (χ2n) is 7.59. The van der Waals surface area contributed by atoms with Crippen LogP contribution >= 0.6 is 11.3 Å². The van der Waals surface area contributed by atoms with E-state index < -0.39 is 5.97 Å². The predicted molar refractivity (Wildman–Crippen MR) is 98.1 cm³/mol. The van der Waals surface area contributed by atoms with Crippen LogP contribution in [0.2, 0.25) is 0 Å². The number of carbonyl (C=O) groups is 2. The molecule has 1 aliphatic rings. The van der Waals surface area contributed by atoms with Crippen LogP contribution in [0.5, 0.6) is 0 Å². The molecule has 0 radical (unpaired) electrons. The van der Waals surface area contributed by atoms with Gasteiger partial charge in [-0.2, -0.15) is 0 Å². The minimum atomic E-state index is -0.944. The van der Waals surface area contributed by atoms with Gasteiger partial charge in [0.15, 0.2) is 0 Å². The predicted octanol–water partition coefficient (Wildman–Crippen LogP) is 3.63.